The summed E-state index contributed by atoms with van der Waals surface area (Å²) in [7, 11) is 2.59. The zero-order valence-corrected chi connectivity index (χ0v) is 35.6. The number of hydrogen-bond donors (Lipinski definition) is 4. The molecule has 0 saturated carbocycles. The molecule has 316 valence electrons. The van der Waals surface area contributed by atoms with E-state index < -0.39 is 24.3 Å². The van der Waals surface area contributed by atoms with Crippen molar-refractivity contribution < 1.29 is 28.7 Å². The van der Waals surface area contributed by atoms with Gasteiger partial charge in [-0.25, -0.2) is 19.6 Å². The van der Waals surface area contributed by atoms with Crippen LogP contribution in [-0.4, -0.2) is 93.1 Å². The highest BCUT2D eigenvalue weighted by atomic mass is 16.5. The van der Waals surface area contributed by atoms with Crippen molar-refractivity contribution in [2.75, 3.05) is 27.3 Å². The fourth-order valence-corrected chi connectivity index (χ4v) is 8.46. The topological polar surface area (TPSA) is 175 Å². The second kappa shape index (κ2) is 18.0. The summed E-state index contributed by atoms with van der Waals surface area (Å²) < 4.78 is 9.56. The van der Waals surface area contributed by atoms with Crippen molar-refractivity contribution in [1.82, 2.24) is 40.4 Å². The fourth-order valence-electron chi connectivity index (χ4n) is 8.46. The van der Waals surface area contributed by atoms with Gasteiger partial charge in [-0.15, -0.1) is 0 Å². The molecule has 0 radical (unpaired) electrons. The molecule has 3 atom stereocenters. The molecule has 60 heavy (non-hydrogen) atoms. The molecule has 3 heterocycles. The number of aromatic nitrogens is 4. The lowest BCUT2D eigenvalue weighted by molar-refractivity contribution is -0.136. The number of nitrogens with one attached hydrogen (secondary N) is 4. The monoisotopic (exact) mass is 816 g/mol. The van der Waals surface area contributed by atoms with E-state index in [-0.39, 0.29) is 36.2 Å². The smallest absolute Gasteiger partial charge is 0.407 e. The Hall–Kier alpha value is -6.18. The van der Waals surface area contributed by atoms with Crippen LogP contribution in [0.2, 0.25) is 0 Å². The van der Waals surface area contributed by atoms with Gasteiger partial charge in [0, 0.05) is 24.2 Å². The third-order valence-electron chi connectivity index (χ3n) is 11.7. The molecule has 0 unspecified atom stereocenters. The van der Waals surface area contributed by atoms with Crippen molar-refractivity contribution in [3.8, 4) is 33.6 Å². The molecule has 2 aromatic heterocycles. The van der Waals surface area contributed by atoms with Crippen LogP contribution in [0, 0.1) is 11.8 Å². The predicted octanol–water partition coefficient (Wildman–Crippen LogP) is 7.55. The number of methoxy groups -OCH3 is 2. The van der Waals surface area contributed by atoms with Gasteiger partial charge < -0.3 is 39.9 Å². The van der Waals surface area contributed by atoms with Crippen molar-refractivity contribution in [2.24, 2.45) is 11.8 Å². The van der Waals surface area contributed by atoms with Crippen molar-refractivity contribution in [3.05, 3.63) is 83.7 Å². The zero-order valence-electron chi connectivity index (χ0n) is 35.6. The number of nitrogens with zero attached hydrogens (tertiary/aromatic N) is 4. The Morgan fingerprint density at radius 2 is 1.50 bits per heavy atom. The van der Waals surface area contributed by atoms with Crippen molar-refractivity contribution in [1.29, 1.82) is 0 Å². The Labute approximate surface area is 350 Å². The van der Waals surface area contributed by atoms with Gasteiger partial charge in [0.25, 0.3) is 0 Å². The number of carbonyl (C=O) groups is 4. The second-order valence-electron chi connectivity index (χ2n) is 16.5. The van der Waals surface area contributed by atoms with Crippen molar-refractivity contribution in [3.63, 3.8) is 0 Å². The van der Waals surface area contributed by atoms with Crippen LogP contribution in [0.5, 0.6) is 0 Å². The largest absolute Gasteiger partial charge is 0.453 e. The summed E-state index contributed by atoms with van der Waals surface area (Å²) in [5, 5.41) is 7.62. The van der Waals surface area contributed by atoms with Gasteiger partial charge >= 0.3 is 12.2 Å². The highest BCUT2D eigenvalue weighted by Crippen LogP contribution is 2.39. The maximum atomic E-state index is 13.7. The molecule has 4 N–H and O–H groups in total. The summed E-state index contributed by atoms with van der Waals surface area (Å²) in [6.07, 6.45) is 4.64. The van der Waals surface area contributed by atoms with Gasteiger partial charge in [0.2, 0.25) is 11.8 Å². The molecule has 5 aromatic rings. The van der Waals surface area contributed by atoms with Crippen LogP contribution in [0.3, 0.4) is 0 Å². The SMILES string of the molecule is CCCN(Cc1ncc(-c2ccc3cc(-c4ccc5c(c4)CCc4nc([C@@H]6CCCN6C(=O)[C@@H](NC(=O)OC)C(C)C)[nH]c4-5)ccc3c2)[nH]1)C(=O)[C@@H](NC(=O)OC)C(C)C. The molecule has 14 nitrogen and oxygen atoms in total. The van der Waals surface area contributed by atoms with E-state index in [4.69, 9.17) is 14.5 Å². The average molecular weight is 817 g/mol. The number of H-pyrrole nitrogens is 2. The number of carbonyl (C=O) groups excluding carboxylic acids is 4. The number of aromatic amines is 2. The van der Waals surface area contributed by atoms with Gasteiger partial charge in [0.05, 0.1) is 50.1 Å². The van der Waals surface area contributed by atoms with Crippen molar-refractivity contribution in [2.45, 2.75) is 91.4 Å². The number of rotatable bonds is 13. The summed E-state index contributed by atoms with van der Waals surface area (Å²) >= 11 is 0. The summed E-state index contributed by atoms with van der Waals surface area (Å²) in [5.74, 6) is 0.940. The molecule has 0 spiro atoms. The number of aryl methyl sites for hydroxylation is 2. The van der Waals surface area contributed by atoms with Crippen LogP contribution in [-0.2, 0) is 38.4 Å². The van der Waals surface area contributed by atoms with Gasteiger partial charge in [0.15, 0.2) is 0 Å². The lowest BCUT2D eigenvalue weighted by Crippen LogP contribution is -2.51. The first-order valence-electron chi connectivity index (χ1n) is 21.0. The van der Waals surface area contributed by atoms with E-state index >= 15 is 0 Å². The first kappa shape index (κ1) is 42.0. The third kappa shape index (κ3) is 8.73. The van der Waals surface area contributed by atoms with Crippen LogP contribution in [0.25, 0.3) is 44.4 Å². The van der Waals surface area contributed by atoms with Gasteiger partial charge in [-0.3, -0.25) is 9.59 Å². The number of likely N-dealkylation sites (tertiary alicyclic amines) is 1. The molecule has 14 heteroatoms. The first-order chi connectivity index (χ1) is 28.9. The highest BCUT2D eigenvalue weighted by Gasteiger charge is 2.38. The molecule has 1 saturated heterocycles. The summed E-state index contributed by atoms with van der Waals surface area (Å²) in [4.78, 5) is 71.5. The number of ether oxygens (including phenoxy) is 2. The number of imidazole rings is 2. The third-order valence-corrected chi connectivity index (χ3v) is 11.7. The van der Waals surface area contributed by atoms with Crippen LogP contribution >= 0.6 is 0 Å². The minimum absolute atomic E-state index is 0.100. The number of alkyl carbamates (subject to hydrolysis) is 2. The molecule has 7 rings (SSSR count). The Bertz CT molecular complexity index is 2380. The number of amides is 4. The molecule has 1 aliphatic heterocycles. The molecule has 0 bridgehead atoms. The minimum atomic E-state index is -0.709. The van der Waals surface area contributed by atoms with E-state index in [1.165, 1.54) is 19.8 Å². The molecule has 3 aromatic carbocycles. The van der Waals surface area contributed by atoms with E-state index in [9.17, 15) is 19.2 Å². The molecule has 1 aliphatic carbocycles. The van der Waals surface area contributed by atoms with Gasteiger partial charge in [0.1, 0.15) is 23.7 Å². The van der Waals surface area contributed by atoms with Gasteiger partial charge in [-0.1, -0.05) is 77.1 Å². The number of fused-ring (bicyclic) bond motifs is 4. The maximum Gasteiger partial charge on any atom is 0.407 e. The van der Waals surface area contributed by atoms with E-state index in [1.54, 1.807) is 11.1 Å². The molecular weight excluding hydrogens is 761 g/mol. The molecule has 2 aliphatic rings. The van der Waals surface area contributed by atoms with Crippen LogP contribution < -0.4 is 10.6 Å². The quantitative estimate of drug-likeness (QED) is 0.0943. The van der Waals surface area contributed by atoms with E-state index in [0.717, 1.165) is 88.0 Å². The standard InChI is InChI=1S/C46H56N8O6/c1-8-19-53(43(55)39(26(2)3)51-45(57)59-6)25-38-47-24-36(48-38)33-14-13-29-21-28(11-12-30(29)23-33)31-15-17-34-32(22-31)16-18-35-41(34)50-42(49-35)37-10-9-20-54(37)44(56)40(27(4)5)52-46(58)60-7/h11-15,17,21-24,26-27,37,39-40H,8-10,16,18-20,25H2,1-7H3,(H,47,48)(H,49,50)(H,51,57)(H,52,58)/t37-,39-,40-/m0/s1. The first-order valence-corrected chi connectivity index (χ1v) is 21.0. The second-order valence-corrected chi connectivity index (χ2v) is 16.5. The fraction of sp³-hybridized carbons (Fsp3) is 0.435. The Kier molecular flexibility index (Phi) is 12.6. The van der Waals surface area contributed by atoms with E-state index in [1.807, 2.05) is 39.5 Å². The zero-order chi connectivity index (χ0) is 42.7. The normalized spacial score (nSPS) is 15.7. The lowest BCUT2D eigenvalue weighted by Gasteiger charge is -2.30. The Morgan fingerprint density at radius 3 is 2.18 bits per heavy atom. The summed E-state index contributed by atoms with van der Waals surface area (Å²) in [5.41, 5.74) is 8.51. The number of hydrogen-bond acceptors (Lipinski definition) is 8. The molecular formula is C46H56N8O6. The van der Waals surface area contributed by atoms with Crippen molar-refractivity contribution >= 4 is 34.8 Å². The Morgan fingerprint density at radius 1 is 0.850 bits per heavy atom. The molecule has 4 amide bonds. The van der Waals surface area contributed by atoms with Gasteiger partial charge in [-0.05, 0) is 83.5 Å². The molecule has 1 fully saturated rings. The minimum Gasteiger partial charge on any atom is -0.453 e. The maximum absolute atomic E-state index is 13.7. The van der Waals surface area contributed by atoms with Gasteiger partial charge in [-0.2, -0.15) is 0 Å². The van der Waals surface area contributed by atoms with Crippen LogP contribution in [0.15, 0.2) is 60.8 Å². The lowest BCUT2D eigenvalue weighted by atomic mass is 9.89. The van der Waals surface area contributed by atoms with Crippen LogP contribution in [0.1, 0.15) is 82.8 Å². The Balaban J connectivity index is 1.06. The van der Waals surface area contributed by atoms with Crippen LogP contribution in [0.4, 0.5) is 9.59 Å². The predicted molar refractivity (Wildman–Crippen MR) is 230 cm³/mol. The van der Waals surface area contributed by atoms with E-state index in [0.29, 0.717) is 18.9 Å². The van der Waals surface area contributed by atoms with E-state index in [2.05, 4.69) is 80.2 Å². The summed E-state index contributed by atoms with van der Waals surface area (Å²) in [6.45, 7) is 11.1. The average Bonchev–Trinajstić information content (AvgIpc) is 4.03. The number of benzene rings is 3. The summed E-state index contributed by atoms with van der Waals surface area (Å²) in [6, 6.07) is 17.9. The highest BCUT2D eigenvalue weighted by molar-refractivity contribution is 5.91.